The van der Waals surface area contributed by atoms with Crippen LogP contribution in [-0.2, 0) is 9.59 Å². The highest BCUT2D eigenvalue weighted by atomic mass is 16.6. The fourth-order valence-electron chi connectivity index (χ4n) is 2.99. The first kappa shape index (κ1) is 16.3. The minimum Gasteiger partial charge on any atom is -0.354 e. The summed E-state index contributed by atoms with van der Waals surface area (Å²) in [5.41, 5.74) is -0.0164. The van der Waals surface area contributed by atoms with Crippen LogP contribution in [0.1, 0.15) is 12.8 Å². The molecule has 2 aliphatic rings. The van der Waals surface area contributed by atoms with E-state index in [4.69, 9.17) is 0 Å². The van der Waals surface area contributed by atoms with E-state index in [1.165, 1.54) is 17.2 Å². The Labute approximate surface area is 139 Å². The summed E-state index contributed by atoms with van der Waals surface area (Å²) >= 11 is 0. The number of carbonyl (C=O) groups excluding carboxylic acids is 2. The second-order valence-electron chi connectivity index (χ2n) is 5.90. The molecular formula is C15H19N5O4. The molecule has 0 radical (unpaired) electrons. The lowest BCUT2D eigenvalue weighted by Crippen LogP contribution is -2.49. The maximum absolute atomic E-state index is 11.6. The third-order valence-electron chi connectivity index (χ3n) is 4.43. The van der Waals surface area contributed by atoms with Crippen molar-refractivity contribution in [2.75, 3.05) is 44.2 Å². The van der Waals surface area contributed by atoms with Crippen LogP contribution in [0.4, 0.5) is 11.5 Å². The van der Waals surface area contributed by atoms with E-state index in [1.54, 1.807) is 6.07 Å². The summed E-state index contributed by atoms with van der Waals surface area (Å²) in [5.74, 6) is 0.576. The average Bonchev–Trinajstić information content (AvgIpc) is 2.92. The minimum atomic E-state index is -0.463. The third-order valence-corrected chi connectivity index (χ3v) is 4.43. The van der Waals surface area contributed by atoms with Crippen molar-refractivity contribution in [2.45, 2.75) is 12.8 Å². The summed E-state index contributed by atoms with van der Waals surface area (Å²) in [7, 11) is 0. The van der Waals surface area contributed by atoms with Gasteiger partial charge in [0.1, 0.15) is 12.0 Å². The molecule has 3 heterocycles. The first-order valence-corrected chi connectivity index (χ1v) is 7.95. The van der Waals surface area contributed by atoms with Gasteiger partial charge in [-0.05, 0) is 6.07 Å². The van der Waals surface area contributed by atoms with E-state index in [9.17, 15) is 19.7 Å². The largest absolute Gasteiger partial charge is 0.354 e. The van der Waals surface area contributed by atoms with E-state index in [-0.39, 0.29) is 17.5 Å². The molecule has 2 aliphatic heterocycles. The van der Waals surface area contributed by atoms with Gasteiger partial charge in [-0.15, -0.1) is 0 Å². The number of hydrogen-bond acceptors (Lipinski definition) is 7. The molecule has 2 saturated heterocycles. The maximum Gasteiger partial charge on any atom is 0.287 e. The van der Waals surface area contributed by atoms with Crippen LogP contribution in [0.25, 0.3) is 0 Å². The van der Waals surface area contributed by atoms with Crippen LogP contribution in [0.3, 0.4) is 0 Å². The van der Waals surface area contributed by atoms with Gasteiger partial charge in [-0.3, -0.25) is 29.5 Å². The Morgan fingerprint density at radius 1 is 1.04 bits per heavy atom. The predicted molar refractivity (Wildman–Crippen MR) is 85.5 cm³/mol. The number of likely N-dealkylation sites (tertiary alicyclic amines) is 1. The SMILES string of the molecule is O=C1CCC(=O)N1CCN1CCN(c2ccc([N+](=O)[O-])cn2)CC1. The molecule has 128 valence electrons. The number of imide groups is 1. The van der Waals surface area contributed by atoms with Gasteiger partial charge >= 0.3 is 0 Å². The lowest BCUT2D eigenvalue weighted by molar-refractivity contribution is -0.385. The zero-order chi connectivity index (χ0) is 17.1. The Balaban J connectivity index is 1.48. The van der Waals surface area contributed by atoms with Gasteiger partial charge in [-0.25, -0.2) is 4.98 Å². The Hall–Kier alpha value is -2.55. The summed E-state index contributed by atoms with van der Waals surface area (Å²) in [6.07, 6.45) is 1.93. The summed E-state index contributed by atoms with van der Waals surface area (Å²) < 4.78 is 0. The highest BCUT2D eigenvalue weighted by Gasteiger charge is 2.29. The molecule has 9 nitrogen and oxygen atoms in total. The Bertz CT molecular complexity index is 624. The van der Waals surface area contributed by atoms with Crippen LogP contribution in [0.15, 0.2) is 18.3 Å². The predicted octanol–water partition coefficient (Wildman–Crippen LogP) is 0.261. The van der Waals surface area contributed by atoms with Crippen LogP contribution >= 0.6 is 0 Å². The number of nitro groups is 1. The van der Waals surface area contributed by atoms with Crippen LogP contribution < -0.4 is 4.90 Å². The lowest BCUT2D eigenvalue weighted by atomic mass is 10.3. The fraction of sp³-hybridized carbons (Fsp3) is 0.533. The highest BCUT2D eigenvalue weighted by molar-refractivity contribution is 6.01. The maximum atomic E-state index is 11.6. The van der Waals surface area contributed by atoms with Crippen molar-refractivity contribution in [3.63, 3.8) is 0 Å². The molecule has 0 unspecified atom stereocenters. The van der Waals surface area contributed by atoms with Gasteiger partial charge in [0, 0.05) is 58.2 Å². The number of rotatable bonds is 5. The van der Waals surface area contributed by atoms with E-state index < -0.39 is 4.92 Å². The summed E-state index contributed by atoms with van der Waals surface area (Å²) in [4.78, 5) is 43.2. The van der Waals surface area contributed by atoms with Gasteiger partial charge in [0.2, 0.25) is 11.8 Å². The quantitative estimate of drug-likeness (QED) is 0.433. The van der Waals surface area contributed by atoms with Gasteiger partial charge in [0.15, 0.2) is 0 Å². The molecule has 1 aromatic rings. The van der Waals surface area contributed by atoms with Gasteiger partial charge < -0.3 is 4.90 Å². The molecule has 1 aromatic heterocycles. The Kier molecular flexibility index (Phi) is 4.70. The second-order valence-corrected chi connectivity index (χ2v) is 5.90. The zero-order valence-corrected chi connectivity index (χ0v) is 13.3. The Morgan fingerprint density at radius 2 is 1.71 bits per heavy atom. The number of carbonyl (C=O) groups is 2. The van der Waals surface area contributed by atoms with E-state index >= 15 is 0 Å². The minimum absolute atomic E-state index is 0.0164. The molecule has 0 N–H and O–H groups in total. The molecule has 0 bridgehead atoms. The van der Waals surface area contributed by atoms with Crippen LogP contribution in [0.2, 0.25) is 0 Å². The van der Waals surface area contributed by atoms with Gasteiger partial charge in [0.25, 0.3) is 5.69 Å². The Morgan fingerprint density at radius 3 is 2.25 bits per heavy atom. The number of piperazine rings is 1. The molecule has 2 fully saturated rings. The molecule has 0 aliphatic carbocycles. The molecule has 2 amide bonds. The number of pyridine rings is 1. The first-order chi connectivity index (χ1) is 11.5. The van der Waals surface area contributed by atoms with Crippen molar-refractivity contribution < 1.29 is 14.5 Å². The second kappa shape index (κ2) is 6.91. The summed E-state index contributed by atoms with van der Waals surface area (Å²) in [5, 5.41) is 10.7. The smallest absolute Gasteiger partial charge is 0.287 e. The number of nitrogens with zero attached hydrogens (tertiary/aromatic N) is 5. The molecule has 9 heteroatoms. The van der Waals surface area contributed by atoms with Gasteiger partial charge in [-0.1, -0.05) is 0 Å². The molecular weight excluding hydrogens is 314 g/mol. The van der Waals surface area contributed by atoms with Crippen LogP contribution in [0.5, 0.6) is 0 Å². The zero-order valence-electron chi connectivity index (χ0n) is 13.3. The van der Waals surface area contributed by atoms with Crippen molar-refractivity contribution in [3.8, 4) is 0 Å². The van der Waals surface area contributed by atoms with E-state index in [2.05, 4.69) is 14.8 Å². The molecule has 0 saturated carbocycles. The number of aromatic nitrogens is 1. The molecule has 0 spiro atoms. The number of hydrogen-bond donors (Lipinski definition) is 0. The van der Waals surface area contributed by atoms with Crippen molar-refractivity contribution in [1.29, 1.82) is 0 Å². The van der Waals surface area contributed by atoms with Crippen LogP contribution in [-0.4, -0.2) is 70.8 Å². The van der Waals surface area contributed by atoms with Crippen LogP contribution in [0, 0.1) is 10.1 Å². The fourth-order valence-corrected chi connectivity index (χ4v) is 2.99. The van der Waals surface area contributed by atoms with Crippen molar-refractivity contribution in [3.05, 3.63) is 28.4 Å². The van der Waals surface area contributed by atoms with Crippen molar-refractivity contribution in [1.82, 2.24) is 14.8 Å². The lowest BCUT2D eigenvalue weighted by Gasteiger charge is -2.35. The molecule has 24 heavy (non-hydrogen) atoms. The highest BCUT2D eigenvalue weighted by Crippen LogP contribution is 2.17. The van der Waals surface area contributed by atoms with Crippen molar-refractivity contribution >= 4 is 23.3 Å². The average molecular weight is 333 g/mol. The first-order valence-electron chi connectivity index (χ1n) is 7.95. The van der Waals surface area contributed by atoms with E-state index in [0.717, 1.165) is 32.0 Å². The number of amides is 2. The topological polar surface area (TPSA) is 99.9 Å². The van der Waals surface area contributed by atoms with E-state index in [0.29, 0.717) is 25.9 Å². The number of anilines is 1. The molecule has 0 atom stereocenters. The molecule has 0 aromatic carbocycles. The van der Waals surface area contributed by atoms with Gasteiger partial charge in [-0.2, -0.15) is 0 Å². The van der Waals surface area contributed by atoms with Crippen molar-refractivity contribution in [2.24, 2.45) is 0 Å². The monoisotopic (exact) mass is 333 g/mol. The summed E-state index contributed by atoms with van der Waals surface area (Å²) in [6.45, 7) is 4.25. The van der Waals surface area contributed by atoms with Gasteiger partial charge in [0.05, 0.1) is 4.92 Å². The third kappa shape index (κ3) is 3.51. The standard InChI is InChI=1S/C15H19N5O4/c21-14-3-4-15(22)19(14)10-7-17-5-8-18(9-6-17)13-2-1-12(11-16-13)20(23)24/h1-2,11H,3-10H2. The summed E-state index contributed by atoms with van der Waals surface area (Å²) in [6, 6.07) is 3.12. The van der Waals surface area contributed by atoms with E-state index in [1.807, 2.05) is 0 Å². The normalized spacial score (nSPS) is 19.2. The molecule has 3 rings (SSSR count).